The van der Waals surface area contributed by atoms with Gasteiger partial charge in [-0.1, -0.05) is 29.8 Å². The molecule has 0 saturated carbocycles. The van der Waals surface area contributed by atoms with Gasteiger partial charge in [-0.2, -0.15) is 0 Å². The van der Waals surface area contributed by atoms with E-state index in [1.54, 1.807) is 12.1 Å². The van der Waals surface area contributed by atoms with Crippen molar-refractivity contribution in [1.29, 1.82) is 0 Å². The molecule has 0 aromatic heterocycles. The molecular formula is C21H26N2O2. The van der Waals surface area contributed by atoms with Crippen LogP contribution in [0.25, 0.3) is 0 Å². The van der Waals surface area contributed by atoms with Gasteiger partial charge in [-0.3, -0.25) is 4.90 Å². The van der Waals surface area contributed by atoms with E-state index in [4.69, 9.17) is 5.11 Å². The minimum atomic E-state index is -0.871. The maximum Gasteiger partial charge on any atom is 0.335 e. The number of anilines is 1. The molecule has 1 heterocycles. The molecule has 0 radical (unpaired) electrons. The van der Waals surface area contributed by atoms with Crippen molar-refractivity contribution in [3.63, 3.8) is 0 Å². The molecule has 0 spiro atoms. The van der Waals surface area contributed by atoms with Crippen LogP contribution in [0.1, 0.15) is 40.0 Å². The molecular weight excluding hydrogens is 312 g/mol. The van der Waals surface area contributed by atoms with Crippen LogP contribution in [0.2, 0.25) is 0 Å². The van der Waals surface area contributed by atoms with Crippen molar-refractivity contribution in [2.45, 2.75) is 26.8 Å². The summed E-state index contributed by atoms with van der Waals surface area (Å²) >= 11 is 0. The third-order valence-electron chi connectivity index (χ3n) is 5.20. The number of carboxylic acid groups (broad SMARTS) is 1. The van der Waals surface area contributed by atoms with E-state index >= 15 is 0 Å². The lowest BCUT2D eigenvalue weighted by Gasteiger charge is -2.39. The van der Waals surface area contributed by atoms with Gasteiger partial charge in [-0.15, -0.1) is 0 Å². The van der Waals surface area contributed by atoms with Crippen LogP contribution in [0.15, 0.2) is 42.5 Å². The number of carboxylic acids is 1. The molecule has 132 valence electrons. The average Bonchev–Trinajstić information content (AvgIpc) is 2.61. The molecule has 0 amide bonds. The molecule has 2 aromatic carbocycles. The zero-order valence-corrected chi connectivity index (χ0v) is 15.2. The lowest BCUT2D eigenvalue weighted by atomic mass is 9.98. The number of nitrogens with zero attached hydrogens (tertiary/aromatic N) is 2. The van der Waals surface area contributed by atoms with Gasteiger partial charge in [0.2, 0.25) is 0 Å². The number of aromatic carboxylic acids is 1. The highest BCUT2D eigenvalue weighted by Gasteiger charge is 2.23. The van der Waals surface area contributed by atoms with Crippen LogP contribution in [0.3, 0.4) is 0 Å². The quantitative estimate of drug-likeness (QED) is 0.919. The van der Waals surface area contributed by atoms with E-state index in [0.717, 1.165) is 31.9 Å². The zero-order valence-electron chi connectivity index (χ0n) is 15.2. The zero-order chi connectivity index (χ0) is 18.0. The van der Waals surface area contributed by atoms with Gasteiger partial charge in [0.15, 0.2) is 0 Å². The highest BCUT2D eigenvalue weighted by Crippen LogP contribution is 2.26. The topological polar surface area (TPSA) is 43.8 Å². The number of benzene rings is 2. The second kappa shape index (κ2) is 7.28. The fourth-order valence-corrected chi connectivity index (χ4v) is 3.69. The molecule has 4 heteroatoms. The SMILES string of the molecule is Cc1ccc(C(C)N2CCN(c3cccc(C(=O)O)c3)CC2)c(C)c1. The van der Waals surface area contributed by atoms with E-state index in [1.807, 2.05) is 12.1 Å². The van der Waals surface area contributed by atoms with Crippen molar-refractivity contribution in [2.24, 2.45) is 0 Å². The first-order chi connectivity index (χ1) is 12.0. The van der Waals surface area contributed by atoms with Crippen molar-refractivity contribution in [2.75, 3.05) is 31.1 Å². The molecule has 4 nitrogen and oxygen atoms in total. The van der Waals surface area contributed by atoms with Crippen LogP contribution in [-0.2, 0) is 0 Å². The van der Waals surface area contributed by atoms with Crippen molar-refractivity contribution >= 4 is 11.7 Å². The van der Waals surface area contributed by atoms with E-state index in [0.29, 0.717) is 11.6 Å². The van der Waals surface area contributed by atoms with Crippen LogP contribution < -0.4 is 4.90 Å². The summed E-state index contributed by atoms with van der Waals surface area (Å²) in [7, 11) is 0. The summed E-state index contributed by atoms with van der Waals surface area (Å²) in [6.45, 7) is 10.4. The Kier molecular flexibility index (Phi) is 5.09. The van der Waals surface area contributed by atoms with Gasteiger partial charge in [0.05, 0.1) is 5.56 Å². The second-order valence-electron chi connectivity index (χ2n) is 6.91. The molecule has 1 fully saturated rings. The Bertz CT molecular complexity index is 764. The molecule has 3 rings (SSSR count). The van der Waals surface area contributed by atoms with Gasteiger partial charge in [-0.05, 0) is 50.1 Å². The summed E-state index contributed by atoms with van der Waals surface area (Å²) < 4.78 is 0. The molecule has 1 aliphatic rings. The van der Waals surface area contributed by atoms with E-state index < -0.39 is 5.97 Å². The molecule has 2 aromatic rings. The van der Waals surface area contributed by atoms with E-state index in [2.05, 4.69) is 48.8 Å². The predicted molar refractivity (Wildman–Crippen MR) is 102 cm³/mol. The number of hydrogen-bond donors (Lipinski definition) is 1. The van der Waals surface area contributed by atoms with Crippen LogP contribution >= 0.6 is 0 Å². The minimum absolute atomic E-state index is 0.351. The Labute approximate surface area is 149 Å². The van der Waals surface area contributed by atoms with Crippen molar-refractivity contribution in [3.05, 3.63) is 64.7 Å². The highest BCUT2D eigenvalue weighted by atomic mass is 16.4. The lowest BCUT2D eigenvalue weighted by Crippen LogP contribution is -2.47. The maximum absolute atomic E-state index is 11.2. The molecule has 25 heavy (non-hydrogen) atoms. The first kappa shape index (κ1) is 17.5. The lowest BCUT2D eigenvalue weighted by molar-refractivity contribution is 0.0697. The van der Waals surface area contributed by atoms with Gasteiger partial charge in [0.1, 0.15) is 0 Å². The van der Waals surface area contributed by atoms with E-state index in [9.17, 15) is 4.79 Å². The molecule has 1 atom stereocenters. The first-order valence-corrected chi connectivity index (χ1v) is 8.85. The number of carbonyl (C=O) groups is 1. The standard InChI is InChI=1S/C21H26N2O2/c1-15-7-8-20(16(2)13-15)17(3)22-9-11-23(12-10-22)19-6-4-5-18(14-19)21(24)25/h4-8,13-14,17H,9-12H2,1-3H3,(H,24,25). The van der Waals surface area contributed by atoms with Crippen LogP contribution in [0.5, 0.6) is 0 Å². The molecule has 1 N–H and O–H groups in total. The summed E-state index contributed by atoms with van der Waals surface area (Å²) in [5.41, 5.74) is 5.40. The average molecular weight is 338 g/mol. The normalized spacial score (nSPS) is 16.7. The summed E-state index contributed by atoms with van der Waals surface area (Å²) in [6, 6.07) is 14.3. The summed E-state index contributed by atoms with van der Waals surface area (Å²) in [4.78, 5) is 15.9. The Hall–Kier alpha value is -2.33. The maximum atomic E-state index is 11.2. The Balaban J connectivity index is 1.67. The number of hydrogen-bond acceptors (Lipinski definition) is 3. The summed E-state index contributed by atoms with van der Waals surface area (Å²) in [5, 5.41) is 9.17. The van der Waals surface area contributed by atoms with Gasteiger partial charge >= 0.3 is 5.97 Å². The Morgan fingerprint density at radius 2 is 1.76 bits per heavy atom. The second-order valence-corrected chi connectivity index (χ2v) is 6.91. The highest BCUT2D eigenvalue weighted by molar-refractivity contribution is 5.88. The van der Waals surface area contributed by atoms with Crippen molar-refractivity contribution in [3.8, 4) is 0 Å². The van der Waals surface area contributed by atoms with Crippen LogP contribution in [0.4, 0.5) is 5.69 Å². The Morgan fingerprint density at radius 3 is 2.40 bits per heavy atom. The molecule has 0 bridgehead atoms. The first-order valence-electron chi connectivity index (χ1n) is 8.85. The number of piperazine rings is 1. The smallest absolute Gasteiger partial charge is 0.335 e. The van der Waals surface area contributed by atoms with Gasteiger partial charge < -0.3 is 10.0 Å². The van der Waals surface area contributed by atoms with E-state index in [1.165, 1.54) is 16.7 Å². The fraction of sp³-hybridized carbons (Fsp3) is 0.381. The third kappa shape index (κ3) is 3.85. The monoisotopic (exact) mass is 338 g/mol. The molecule has 1 aliphatic heterocycles. The van der Waals surface area contributed by atoms with Gasteiger partial charge in [0, 0.05) is 37.9 Å². The largest absolute Gasteiger partial charge is 0.478 e. The van der Waals surface area contributed by atoms with Crippen LogP contribution in [0, 0.1) is 13.8 Å². The number of rotatable bonds is 4. The molecule has 0 aliphatic carbocycles. The minimum Gasteiger partial charge on any atom is -0.478 e. The fourth-order valence-electron chi connectivity index (χ4n) is 3.69. The van der Waals surface area contributed by atoms with Crippen molar-refractivity contribution < 1.29 is 9.90 Å². The summed E-state index contributed by atoms with van der Waals surface area (Å²) in [6.07, 6.45) is 0. The molecule has 1 unspecified atom stereocenters. The van der Waals surface area contributed by atoms with E-state index in [-0.39, 0.29) is 0 Å². The molecule has 1 saturated heterocycles. The van der Waals surface area contributed by atoms with Gasteiger partial charge in [-0.25, -0.2) is 4.79 Å². The number of aryl methyl sites for hydroxylation is 2. The summed E-state index contributed by atoms with van der Waals surface area (Å²) in [5.74, 6) is -0.871. The van der Waals surface area contributed by atoms with Gasteiger partial charge in [0.25, 0.3) is 0 Å². The Morgan fingerprint density at radius 1 is 1.04 bits per heavy atom. The van der Waals surface area contributed by atoms with Crippen molar-refractivity contribution in [1.82, 2.24) is 4.90 Å². The third-order valence-corrected chi connectivity index (χ3v) is 5.20. The van der Waals surface area contributed by atoms with Crippen LogP contribution in [-0.4, -0.2) is 42.2 Å². The predicted octanol–water partition coefficient (Wildman–Crippen LogP) is 3.88.